The van der Waals surface area contributed by atoms with Crippen molar-refractivity contribution in [1.29, 1.82) is 0 Å². The molecule has 0 unspecified atom stereocenters. The van der Waals surface area contributed by atoms with Crippen molar-refractivity contribution in [2.75, 3.05) is 5.73 Å². The van der Waals surface area contributed by atoms with E-state index in [4.69, 9.17) is 11.5 Å². The Kier molecular flexibility index (Phi) is 2.45. The van der Waals surface area contributed by atoms with Crippen molar-refractivity contribution in [3.63, 3.8) is 0 Å². The van der Waals surface area contributed by atoms with Gasteiger partial charge in [0.15, 0.2) is 0 Å². The first-order valence-electron chi connectivity index (χ1n) is 3.78. The number of anilines is 1. The third-order valence-electron chi connectivity index (χ3n) is 1.70. The van der Waals surface area contributed by atoms with Crippen LogP contribution in [0.3, 0.4) is 0 Å². The fourth-order valence-corrected chi connectivity index (χ4v) is 0.986. The van der Waals surface area contributed by atoms with Gasteiger partial charge in [0.25, 0.3) is 0 Å². The zero-order valence-corrected chi connectivity index (χ0v) is 7.12. The maximum atomic E-state index is 5.68. The largest absolute Gasteiger partial charge is 0.383 e. The number of nitrogens with zero attached hydrogens (tertiary/aromatic N) is 1. The lowest BCUT2D eigenvalue weighted by atomic mass is 10.1. The zero-order valence-electron chi connectivity index (χ0n) is 7.12. The summed E-state index contributed by atoms with van der Waals surface area (Å²) in [6.07, 6.45) is 3.40. The summed E-state index contributed by atoms with van der Waals surface area (Å²) in [7, 11) is 0. The lowest BCUT2D eigenvalue weighted by Crippen LogP contribution is -2.09. The molecule has 64 valence electrons. The third-order valence-corrected chi connectivity index (χ3v) is 1.70. The van der Waals surface area contributed by atoms with Crippen LogP contribution in [0, 0.1) is 0 Å². The molecule has 0 aliphatic heterocycles. The minimum Gasteiger partial charge on any atom is -0.383 e. The van der Waals surface area contributed by atoms with Crippen molar-refractivity contribution in [2.24, 2.45) is 5.73 Å². The second-order valence-corrected chi connectivity index (χ2v) is 2.74. The maximum absolute atomic E-state index is 5.68. The van der Waals surface area contributed by atoms with Crippen molar-refractivity contribution in [1.82, 2.24) is 4.98 Å². The third kappa shape index (κ3) is 1.62. The maximum Gasteiger partial charge on any atom is 0.128 e. The van der Waals surface area contributed by atoms with Gasteiger partial charge >= 0.3 is 0 Å². The van der Waals surface area contributed by atoms with Gasteiger partial charge in [0, 0.05) is 17.8 Å². The highest BCUT2D eigenvalue weighted by atomic mass is 14.8. The van der Waals surface area contributed by atoms with E-state index < -0.39 is 0 Å². The number of pyridine rings is 1. The van der Waals surface area contributed by atoms with Crippen LogP contribution in [-0.4, -0.2) is 4.98 Å². The first-order chi connectivity index (χ1) is 5.65. The standard InChI is InChI=1S/C9H13N3/c1-3-7-4-8(6(2)10)9(11)12-5-7/h3-6H,1,10H2,2H3,(H2,11,12)/t6-/m0/s1. The van der Waals surface area contributed by atoms with E-state index in [0.29, 0.717) is 5.82 Å². The molecule has 0 aromatic carbocycles. The Labute approximate surface area is 72.1 Å². The molecule has 3 nitrogen and oxygen atoms in total. The van der Waals surface area contributed by atoms with E-state index in [2.05, 4.69) is 11.6 Å². The zero-order chi connectivity index (χ0) is 9.14. The molecule has 3 heteroatoms. The summed E-state index contributed by atoms with van der Waals surface area (Å²) in [4.78, 5) is 4.00. The van der Waals surface area contributed by atoms with E-state index in [1.165, 1.54) is 0 Å². The summed E-state index contributed by atoms with van der Waals surface area (Å²) < 4.78 is 0. The second kappa shape index (κ2) is 3.36. The van der Waals surface area contributed by atoms with Crippen LogP contribution in [0.5, 0.6) is 0 Å². The predicted molar refractivity (Wildman–Crippen MR) is 51.3 cm³/mol. The van der Waals surface area contributed by atoms with E-state index >= 15 is 0 Å². The van der Waals surface area contributed by atoms with Gasteiger partial charge in [-0.05, 0) is 18.6 Å². The summed E-state index contributed by atoms with van der Waals surface area (Å²) in [5, 5.41) is 0. The van der Waals surface area contributed by atoms with Crippen LogP contribution in [0.4, 0.5) is 5.82 Å². The van der Waals surface area contributed by atoms with Crippen LogP contribution < -0.4 is 11.5 Å². The van der Waals surface area contributed by atoms with E-state index in [1.54, 1.807) is 12.3 Å². The van der Waals surface area contributed by atoms with Crippen molar-refractivity contribution in [3.8, 4) is 0 Å². The van der Waals surface area contributed by atoms with Crippen LogP contribution in [0.1, 0.15) is 24.1 Å². The Balaban J connectivity index is 3.16. The molecule has 0 bridgehead atoms. The summed E-state index contributed by atoms with van der Waals surface area (Å²) in [6.45, 7) is 5.51. The summed E-state index contributed by atoms with van der Waals surface area (Å²) in [6, 6.07) is 1.82. The van der Waals surface area contributed by atoms with Gasteiger partial charge < -0.3 is 11.5 Å². The highest BCUT2D eigenvalue weighted by molar-refractivity contribution is 5.52. The molecule has 0 saturated heterocycles. The minimum absolute atomic E-state index is 0.0857. The van der Waals surface area contributed by atoms with Gasteiger partial charge in [-0.1, -0.05) is 12.7 Å². The van der Waals surface area contributed by atoms with Gasteiger partial charge in [0.2, 0.25) is 0 Å². The summed E-state index contributed by atoms with van der Waals surface area (Å²) in [5.41, 5.74) is 13.1. The molecule has 1 heterocycles. The molecule has 12 heavy (non-hydrogen) atoms. The Morgan fingerprint density at radius 1 is 1.67 bits per heavy atom. The Hall–Kier alpha value is -1.35. The molecule has 0 aliphatic carbocycles. The average Bonchev–Trinajstić information content (AvgIpc) is 2.05. The van der Waals surface area contributed by atoms with Crippen molar-refractivity contribution < 1.29 is 0 Å². The molecule has 0 aliphatic rings. The van der Waals surface area contributed by atoms with Gasteiger partial charge in [-0.2, -0.15) is 0 Å². The molecule has 0 amide bonds. The Morgan fingerprint density at radius 3 is 2.83 bits per heavy atom. The first kappa shape index (κ1) is 8.74. The number of rotatable bonds is 2. The highest BCUT2D eigenvalue weighted by Gasteiger charge is 2.04. The second-order valence-electron chi connectivity index (χ2n) is 2.74. The Bertz CT molecular complexity index is 292. The van der Waals surface area contributed by atoms with Crippen LogP contribution in [-0.2, 0) is 0 Å². The fraction of sp³-hybridized carbons (Fsp3) is 0.222. The highest BCUT2D eigenvalue weighted by Crippen LogP contribution is 2.17. The van der Waals surface area contributed by atoms with E-state index in [0.717, 1.165) is 11.1 Å². The van der Waals surface area contributed by atoms with Crippen LogP contribution >= 0.6 is 0 Å². The lowest BCUT2D eigenvalue weighted by Gasteiger charge is -2.08. The quantitative estimate of drug-likeness (QED) is 0.691. The SMILES string of the molecule is C=Cc1cnc(N)c([C@H](C)N)c1. The molecule has 1 aromatic rings. The summed E-state index contributed by atoms with van der Waals surface area (Å²) >= 11 is 0. The summed E-state index contributed by atoms with van der Waals surface area (Å²) in [5.74, 6) is 0.496. The number of hydrogen-bond acceptors (Lipinski definition) is 3. The molecule has 0 spiro atoms. The molecule has 4 N–H and O–H groups in total. The molecule has 0 saturated carbocycles. The molecule has 1 aromatic heterocycles. The van der Waals surface area contributed by atoms with E-state index in [1.807, 2.05) is 13.0 Å². The van der Waals surface area contributed by atoms with Gasteiger partial charge in [-0.15, -0.1) is 0 Å². The smallest absolute Gasteiger partial charge is 0.128 e. The molecule has 1 atom stereocenters. The van der Waals surface area contributed by atoms with Gasteiger partial charge in [0.1, 0.15) is 5.82 Å². The average molecular weight is 163 g/mol. The van der Waals surface area contributed by atoms with Crippen LogP contribution in [0.25, 0.3) is 6.08 Å². The molecular weight excluding hydrogens is 150 g/mol. The van der Waals surface area contributed by atoms with Crippen LogP contribution in [0.2, 0.25) is 0 Å². The fourth-order valence-electron chi connectivity index (χ4n) is 0.986. The first-order valence-corrected chi connectivity index (χ1v) is 3.78. The minimum atomic E-state index is -0.0857. The van der Waals surface area contributed by atoms with Crippen molar-refractivity contribution >= 4 is 11.9 Å². The topological polar surface area (TPSA) is 64.9 Å². The molecule has 1 rings (SSSR count). The van der Waals surface area contributed by atoms with E-state index in [9.17, 15) is 0 Å². The van der Waals surface area contributed by atoms with Gasteiger partial charge in [-0.25, -0.2) is 4.98 Å². The Morgan fingerprint density at radius 2 is 2.33 bits per heavy atom. The molecule has 0 fully saturated rings. The van der Waals surface area contributed by atoms with Crippen molar-refractivity contribution in [3.05, 3.63) is 30.0 Å². The number of nitrogen functional groups attached to an aromatic ring is 1. The van der Waals surface area contributed by atoms with Gasteiger partial charge in [-0.3, -0.25) is 0 Å². The number of nitrogens with two attached hydrogens (primary N) is 2. The van der Waals surface area contributed by atoms with Crippen LogP contribution in [0.15, 0.2) is 18.8 Å². The van der Waals surface area contributed by atoms with Gasteiger partial charge in [0.05, 0.1) is 0 Å². The number of aromatic nitrogens is 1. The normalized spacial score (nSPS) is 12.5. The van der Waals surface area contributed by atoms with E-state index in [-0.39, 0.29) is 6.04 Å². The predicted octanol–water partition coefficient (Wildman–Crippen LogP) is 1.33. The monoisotopic (exact) mass is 163 g/mol. The van der Waals surface area contributed by atoms with Crippen molar-refractivity contribution in [2.45, 2.75) is 13.0 Å². The molecule has 0 radical (unpaired) electrons. The molecular formula is C9H13N3. The number of hydrogen-bond donors (Lipinski definition) is 2. The lowest BCUT2D eigenvalue weighted by molar-refractivity contribution is 0.815.